The lowest BCUT2D eigenvalue weighted by molar-refractivity contribution is 0.766. The van der Waals surface area contributed by atoms with Crippen molar-refractivity contribution in [3.8, 4) is 6.07 Å². The number of aromatic nitrogens is 2. The first-order valence-corrected chi connectivity index (χ1v) is 6.28. The van der Waals surface area contributed by atoms with Crippen LogP contribution in [0.15, 0.2) is 35.1 Å². The number of hydrogen-bond donors (Lipinski definition) is 0. The third-order valence-electron chi connectivity index (χ3n) is 2.69. The Hall–Kier alpha value is -1.80. The van der Waals surface area contributed by atoms with Crippen molar-refractivity contribution in [2.75, 3.05) is 11.9 Å². The minimum atomic E-state index is 0.647. The van der Waals surface area contributed by atoms with Crippen molar-refractivity contribution in [3.05, 3.63) is 46.2 Å². The zero-order valence-electron chi connectivity index (χ0n) is 10.3. The Morgan fingerprint density at radius 1 is 1.50 bits per heavy atom. The molecule has 0 atom stereocenters. The van der Waals surface area contributed by atoms with Crippen LogP contribution < -0.4 is 4.90 Å². The fourth-order valence-corrected chi connectivity index (χ4v) is 2.21. The lowest BCUT2D eigenvalue weighted by atomic mass is 10.2. The van der Waals surface area contributed by atoms with Crippen LogP contribution in [0, 0.1) is 11.3 Å². The maximum atomic E-state index is 8.88. The molecular weight excluding hydrogens is 292 g/mol. The van der Waals surface area contributed by atoms with E-state index in [9.17, 15) is 0 Å². The van der Waals surface area contributed by atoms with Crippen molar-refractivity contribution in [2.45, 2.75) is 6.54 Å². The molecule has 1 heterocycles. The first kappa shape index (κ1) is 12.7. The number of anilines is 1. The Kier molecular flexibility index (Phi) is 3.68. The van der Waals surface area contributed by atoms with E-state index >= 15 is 0 Å². The third-order valence-corrected chi connectivity index (χ3v) is 3.35. The maximum absolute atomic E-state index is 8.88. The van der Waals surface area contributed by atoms with E-state index in [2.05, 4.69) is 32.0 Å². The summed E-state index contributed by atoms with van der Waals surface area (Å²) in [5, 5.41) is 13.0. The normalized spacial score (nSPS) is 10.1. The largest absolute Gasteiger partial charge is 0.370 e. The molecule has 0 radical (unpaired) electrons. The summed E-state index contributed by atoms with van der Waals surface area (Å²) in [7, 11) is 3.92. The number of nitriles is 1. The van der Waals surface area contributed by atoms with Gasteiger partial charge in [-0.2, -0.15) is 10.4 Å². The number of halogens is 1. The first-order valence-electron chi connectivity index (χ1n) is 5.48. The van der Waals surface area contributed by atoms with Crippen LogP contribution in [0.1, 0.15) is 11.1 Å². The van der Waals surface area contributed by atoms with Gasteiger partial charge in [-0.15, -0.1) is 0 Å². The standard InChI is InChI=1S/C13H13BrN4/c1-17(8-10-7-16-18(2)9-10)12-4-3-11(6-15)13(14)5-12/h3-5,7,9H,8H2,1-2H3. The molecule has 18 heavy (non-hydrogen) atoms. The smallest absolute Gasteiger partial charge is 0.100 e. The Balaban J connectivity index is 2.16. The van der Waals surface area contributed by atoms with Crippen molar-refractivity contribution in [1.82, 2.24) is 9.78 Å². The van der Waals surface area contributed by atoms with Crippen molar-refractivity contribution < 1.29 is 0 Å². The van der Waals surface area contributed by atoms with Gasteiger partial charge in [0.05, 0.1) is 11.8 Å². The Morgan fingerprint density at radius 3 is 2.83 bits per heavy atom. The highest BCUT2D eigenvalue weighted by Crippen LogP contribution is 2.23. The number of rotatable bonds is 3. The van der Waals surface area contributed by atoms with Gasteiger partial charge in [0, 0.05) is 42.6 Å². The molecule has 1 aromatic carbocycles. The highest BCUT2D eigenvalue weighted by molar-refractivity contribution is 9.10. The fraction of sp³-hybridized carbons (Fsp3) is 0.231. The molecule has 0 saturated heterocycles. The second-order valence-corrected chi connectivity index (χ2v) is 5.01. The summed E-state index contributed by atoms with van der Waals surface area (Å²) in [6.45, 7) is 0.784. The van der Waals surface area contributed by atoms with Gasteiger partial charge in [0.2, 0.25) is 0 Å². The predicted molar refractivity (Wildman–Crippen MR) is 74.2 cm³/mol. The highest BCUT2D eigenvalue weighted by atomic mass is 79.9. The number of benzene rings is 1. The summed E-state index contributed by atoms with van der Waals surface area (Å²) in [4.78, 5) is 2.11. The second kappa shape index (κ2) is 5.23. The number of aryl methyl sites for hydroxylation is 1. The molecule has 2 aromatic rings. The molecule has 0 N–H and O–H groups in total. The van der Waals surface area contributed by atoms with Gasteiger partial charge in [-0.3, -0.25) is 4.68 Å². The minimum Gasteiger partial charge on any atom is -0.370 e. The van der Waals surface area contributed by atoms with E-state index < -0.39 is 0 Å². The van der Waals surface area contributed by atoms with Crippen molar-refractivity contribution in [1.29, 1.82) is 5.26 Å². The highest BCUT2D eigenvalue weighted by Gasteiger charge is 2.06. The van der Waals surface area contributed by atoms with Crippen molar-refractivity contribution in [2.24, 2.45) is 7.05 Å². The molecule has 0 fully saturated rings. The molecule has 2 rings (SSSR count). The van der Waals surface area contributed by atoms with Gasteiger partial charge in [0.1, 0.15) is 6.07 Å². The van der Waals surface area contributed by atoms with Crippen LogP contribution in [0.25, 0.3) is 0 Å². The first-order chi connectivity index (χ1) is 8.60. The van der Waals surface area contributed by atoms with Gasteiger partial charge in [0.15, 0.2) is 0 Å². The molecule has 92 valence electrons. The zero-order chi connectivity index (χ0) is 13.1. The van der Waals surface area contributed by atoms with Crippen LogP contribution in [-0.2, 0) is 13.6 Å². The van der Waals surface area contributed by atoms with E-state index in [4.69, 9.17) is 5.26 Å². The van der Waals surface area contributed by atoms with E-state index in [1.807, 2.05) is 44.7 Å². The monoisotopic (exact) mass is 304 g/mol. The summed E-state index contributed by atoms with van der Waals surface area (Å²) in [5.74, 6) is 0. The summed E-state index contributed by atoms with van der Waals surface area (Å²) >= 11 is 3.40. The van der Waals surface area contributed by atoms with Crippen LogP contribution in [0.4, 0.5) is 5.69 Å². The topological polar surface area (TPSA) is 44.9 Å². The summed E-state index contributed by atoms with van der Waals surface area (Å²) in [5.41, 5.74) is 2.86. The predicted octanol–water partition coefficient (Wildman–Crippen LogP) is 2.69. The van der Waals surface area contributed by atoms with Gasteiger partial charge in [-0.25, -0.2) is 0 Å². The van der Waals surface area contributed by atoms with Gasteiger partial charge in [-0.05, 0) is 34.1 Å². The molecule has 0 bridgehead atoms. The lowest BCUT2D eigenvalue weighted by Crippen LogP contribution is -2.16. The molecule has 0 aliphatic rings. The van der Waals surface area contributed by atoms with Crippen molar-refractivity contribution in [3.63, 3.8) is 0 Å². The molecule has 0 unspecified atom stereocenters. The van der Waals surface area contributed by atoms with Gasteiger partial charge in [0.25, 0.3) is 0 Å². The average molecular weight is 305 g/mol. The number of hydrogen-bond acceptors (Lipinski definition) is 3. The summed E-state index contributed by atoms with van der Waals surface area (Å²) in [6, 6.07) is 7.85. The Bertz CT molecular complexity index is 597. The van der Waals surface area contributed by atoms with E-state index in [0.717, 1.165) is 22.3 Å². The summed E-state index contributed by atoms with van der Waals surface area (Å²) in [6.07, 6.45) is 3.85. The van der Waals surface area contributed by atoms with Crippen molar-refractivity contribution >= 4 is 21.6 Å². The molecule has 1 aromatic heterocycles. The quantitative estimate of drug-likeness (QED) is 0.876. The molecule has 0 aliphatic heterocycles. The lowest BCUT2D eigenvalue weighted by Gasteiger charge is -2.18. The third kappa shape index (κ3) is 2.71. The average Bonchev–Trinajstić information content (AvgIpc) is 2.74. The molecule has 5 heteroatoms. The SMILES string of the molecule is CN(Cc1cnn(C)c1)c1ccc(C#N)c(Br)c1. The Labute approximate surface area is 115 Å². The van der Waals surface area contributed by atoms with Crippen LogP contribution in [0.5, 0.6) is 0 Å². The van der Waals surface area contributed by atoms with Gasteiger partial charge in [-0.1, -0.05) is 0 Å². The molecule has 0 aliphatic carbocycles. The molecule has 0 amide bonds. The van der Waals surface area contributed by atoms with Gasteiger partial charge >= 0.3 is 0 Å². The van der Waals surface area contributed by atoms with E-state index in [0.29, 0.717) is 5.56 Å². The Morgan fingerprint density at radius 2 is 2.28 bits per heavy atom. The molecule has 0 saturated carbocycles. The van der Waals surface area contributed by atoms with Crippen LogP contribution >= 0.6 is 15.9 Å². The maximum Gasteiger partial charge on any atom is 0.100 e. The fourth-order valence-electron chi connectivity index (χ4n) is 1.75. The minimum absolute atomic E-state index is 0.647. The van der Waals surface area contributed by atoms with Gasteiger partial charge < -0.3 is 4.90 Å². The van der Waals surface area contributed by atoms with E-state index in [1.165, 1.54) is 0 Å². The zero-order valence-corrected chi connectivity index (χ0v) is 11.8. The summed E-state index contributed by atoms with van der Waals surface area (Å²) < 4.78 is 2.61. The molecule has 0 spiro atoms. The second-order valence-electron chi connectivity index (χ2n) is 4.15. The van der Waals surface area contributed by atoms with E-state index in [1.54, 1.807) is 4.68 Å². The molecular formula is C13H13BrN4. The van der Waals surface area contributed by atoms with E-state index in [-0.39, 0.29) is 0 Å². The van der Waals surface area contributed by atoms with Crippen LogP contribution in [0.3, 0.4) is 0 Å². The van der Waals surface area contributed by atoms with Crippen LogP contribution in [-0.4, -0.2) is 16.8 Å². The van der Waals surface area contributed by atoms with Crippen LogP contribution in [0.2, 0.25) is 0 Å². The molecule has 4 nitrogen and oxygen atoms in total. The number of nitrogens with zero attached hydrogens (tertiary/aromatic N) is 4.